The van der Waals surface area contributed by atoms with Crippen molar-refractivity contribution in [1.29, 1.82) is 0 Å². The molecule has 158 valence electrons. The van der Waals surface area contributed by atoms with Gasteiger partial charge in [-0.3, -0.25) is 9.78 Å². The molecule has 1 N–H and O–H groups in total. The van der Waals surface area contributed by atoms with Crippen LogP contribution in [0.4, 0.5) is 5.69 Å². The summed E-state index contributed by atoms with van der Waals surface area (Å²) in [6.07, 6.45) is 4.02. The summed E-state index contributed by atoms with van der Waals surface area (Å²) >= 11 is 12.6. The fraction of sp³-hybridized carbons (Fsp3) is 0.154. The molecule has 6 heteroatoms. The van der Waals surface area contributed by atoms with Crippen LogP contribution in [0.15, 0.2) is 76.5 Å². The van der Waals surface area contributed by atoms with Crippen molar-refractivity contribution in [1.82, 2.24) is 4.98 Å². The summed E-state index contributed by atoms with van der Waals surface area (Å²) in [7, 11) is 0. The Hall–Kier alpha value is -3.08. The summed E-state index contributed by atoms with van der Waals surface area (Å²) < 4.78 is 6.34. The fourth-order valence-corrected chi connectivity index (χ4v) is 5.20. The van der Waals surface area contributed by atoms with Crippen LogP contribution >= 0.6 is 23.2 Å². The molecule has 2 aromatic carbocycles. The number of rotatable bonds is 2. The molecule has 0 saturated carbocycles. The Bertz CT molecular complexity index is 1440. The van der Waals surface area contributed by atoms with E-state index < -0.39 is 0 Å². The number of nitrogens with zero attached hydrogens (tertiary/aromatic N) is 1. The number of nitrogens with one attached hydrogen (secondary N) is 1. The van der Waals surface area contributed by atoms with Crippen molar-refractivity contribution in [3.05, 3.63) is 93.4 Å². The molecule has 1 unspecified atom stereocenters. The minimum absolute atomic E-state index is 0.166. The van der Waals surface area contributed by atoms with E-state index in [2.05, 4.69) is 16.4 Å². The van der Waals surface area contributed by atoms with Crippen molar-refractivity contribution in [2.75, 3.05) is 5.32 Å². The maximum atomic E-state index is 13.1. The molecule has 2 aromatic heterocycles. The van der Waals surface area contributed by atoms with E-state index >= 15 is 0 Å². The standard InChI is InChI=1S/C26H18Cl2N2O2/c27-14-6-8-18(28)17(13-14)22-10-11-23(32-22)24-16-7-9-19-15(3-2-12-29-19)26(16)30-20-4-1-5-21(31)25(20)24/h2-3,6-13,24,30H,1,4-5H2. The molecule has 0 saturated heterocycles. The zero-order valence-corrected chi connectivity index (χ0v) is 18.5. The second kappa shape index (κ2) is 7.51. The molecule has 3 heterocycles. The molecule has 4 aromatic rings. The summed E-state index contributed by atoms with van der Waals surface area (Å²) in [6, 6.07) is 17.2. The lowest BCUT2D eigenvalue weighted by Crippen LogP contribution is -2.26. The third-order valence-corrected chi connectivity index (χ3v) is 6.82. The molecule has 0 fully saturated rings. The number of benzene rings is 2. The Morgan fingerprint density at radius 2 is 1.94 bits per heavy atom. The van der Waals surface area contributed by atoms with E-state index in [4.69, 9.17) is 27.6 Å². The summed E-state index contributed by atoms with van der Waals surface area (Å²) in [6.45, 7) is 0. The average Bonchev–Trinajstić information content (AvgIpc) is 3.29. The van der Waals surface area contributed by atoms with Gasteiger partial charge >= 0.3 is 0 Å². The lowest BCUT2D eigenvalue weighted by molar-refractivity contribution is -0.116. The predicted molar refractivity (Wildman–Crippen MR) is 127 cm³/mol. The number of anilines is 1. The Morgan fingerprint density at radius 3 is 2.84 bits per heavy atom. The van der Waals surface area contributed by atoms with Gasteiger partial charge < -0.3 is 9.73 Å². The van der Waals surface area contributed by atoms with Crippen LogP contribution in [0.25, 0.3) is 22.2 Å². The van der Waals surface area contributed by atoms with Gasteiger partial charge in [0.2, 0.25) is 0 Å². The quantitative estimate of drug-likeness (QED) is 0.339. The molecular formula is C26H18Cl2N2O2. The normalized spacial score (nSPS) is 17.8. The molecule has 1 aliphatic carbocycles. The zero-order chi connectivity index (χ0) is 21.8. The van der Waals surface area contributed by atoms with Crippen molar-refractivity contribution in [3.63, 3.8) is 0 Å². The number of carbonyl (C=O) groups is 1. The van der Waals surface area contributed by atoms with E-state index in [1.54, 1.807) is 24.4 Å². The maximum Gasteiger partial charge on any atom is 0.161 e. The first-order chi connectivity index (χ1) is 15.6. The molecule has 32 heavy (non-hydrogen) atoms. The number of hydrogen-bond acceptors (Lipinski definition) is 4. The number of allylic oxidation sites excluding steroid dienone is 2. The summed E-state index contributed by atoms with van der Waals surface area (Å²) in [5.74, 6) is 1.22. The van der Waals surface area contributed by atoms with Crippen LogP contribution in [-0.4, -0.2) is 10.8 Å². The van der Waals surface area contributed by atoms with Gasteiger partial charge in [-0.25, -0.2) is 0 Å². The molecule has 1 aliphatic heterocycles. The van der Waals surface area contributed by atoms with E-state index in [1.807, 2.05) is 30.3 Å². The van der Waals surface area contributed by atoms with Crippen molar-refractivity contribution >= 4 is 45.6 Å². The second-order valence-electron chi connectivity index (χ2n) is 8.15. The first-order valence-electron chi connectivity index (χ1n) is 10.6. The number of fused-ring (bicyclic) bond motifs is 3. The topological polar surface area (TPSA) is 55.1 Å². The van der Waals surface area contributed by atoms with Gasteiger partial charge in [0.05, 0.1) is 22.1 Å². The van der Waals surface area contributed by atoms with Gasteiger partial charge in [0.1, 0.15) is 11.5 Å². The molecule has 1 atom stereocenters. The molecule has 0 bridgehead atoms. The molecule has 6 rings (SSSR count). The van der Waals surface area contributed by atoms with Gasteiger partial charge in [-0.2, -0.15) is 0 Å². The lowest BCUT2D eigenvalue weighted by Gasteiger charge is -2.33. The summed E-state index contributed by atoms with van der Waals surface area (Å²) in [5.41, 5.74) is 5.42. The Balaban J connectivity index is 1.56. The van der Waals surface area contributed by atoms with Crippen LogP contribution in [0.2, 0.25) is 10.0 Å². The third-order valence-electron chi connectivity index (χ3n) is 6.25. The molecule has 0 spiro atoms. The number of furan rings is 1. The first-order valence-corrected chi connectivity index (χ1v) is 11.3. The minimum Gasteiger partial charge on any atom is -0.460 e. The predicted octanol–water partition coefficient (Wildman–Crippen LogP) is 7.37. The Kier molecular flexibility index (Phi) is 4.60. The van der Waals surface area contributed by atoms with E-state index in [0.717, 1.165) is 51.8 Å². The molecular weight excluding hydrogens is 443 g/mol. The number of aromatic nitrogens is 1. The number of carbonyl (C=O) groups excluding carboxylic acids is 1. The molecule has 0 radical (unpaired) electrons. The number of hydrogen-bond donors (Lipinski definition) is 1. The van der Waals surface area contributed by atoms with Crippen molar-refractivity contribution in [3.8, 4) is 11.3 Å². The van der Waals surface area contributed by atoms with Gasteiger partial charge in [-0.15, -0.1) is 0 Å². The van der Waals surface area contributed by atoms with Gasteiger partial charge in [-0.05, 0) is 66.9 Å². The van der Waals surface area contributed by atoms with Gasteiger partial charge in [0.15, 0.2) is 5.78 Å². The highest BCUT2D eigenvalue weighted by molar-refractivity contribution is 6.35. The Labute approximate surface area is 194 Å². The SMILES string of the molecule is O=C1CCCC2=C1C(c1ccc(-c3cc(Cl)ccc3Cl)o1)c1ccc3ncccc3c1N2. The number of ketones is 1. The highest BCUT2D eigenvalue weighted by Gasteiger charge is 2.37. The van der Waals surface area contributed by atoms with Crippen molar-refractivity contribution in [2.24, 2.45) is 0 Å². The van der Waals surface area contributed by atoms with E-state index in [1.165, 1.54) is 0 Å². The van der Waals surface area contributed by atoms with Crippen LogP contribution in [0.1, 0.15) is 36.5 Å². The molecule has 0 amide bonds. The minimum atomic E-state index is -0.287. The highest BCUT2D eigenvalue weighted by atomic mass is 35.5. The van der Waals surface area contributed by atoms with Crippen molar-refractivity contribution < 1.29 is 9.21 Å². The maximum absolute atomic E-state index is 13.1. The van der Waals surface area contributed by atoms with Gasteiger partial charge in [0, 0.05) is 39.9 Å². The van der Waals surface area contributed by atoms with Gasteiger partial charge in [-0.1, -0.05) is 29.3 Å². The van der Waals surface area contributed by atoms with Crippen molar-refractivity contribution in [2.45, 2.75) is 25.2 Å². The molecule has 2 aliphatic rings. The number of Topliss-reactive ketones (excluding diaryl/α,β-unsaturated/α-hetero) is 1. The van der Waals surface area contributed by atoms with E-state index in [0.29, 0.717) is 28.0 Å². The third kappa shape index (κ3) is 3.06. The van der Waals surface area contributed by atoms with Crippen LogP contribution < -0.4 is 5.32 Å². The second-order valence-corrected chi connectivity index (χ2v) is 9.00. The lowest BCUT2D eigenvalue weighted by atomic mass is 9.77. The first kappa shape index (κ1) is 19.6. The van der Waals surface area contributed by atoms with Crippen LogP contribution in [0.3, 0.4) is 0 Å². The van der Waals surface area contributed by atoms with E-state index in [-0.39, 0.29) is 11.7 Å². The average molecular weight is 461 g/mol. The fourth-order valence-electron chi connectivity index (χ4n) is 4.82. The number of halogens is 2. The number of pyridine rings is 1. The highest BCUT2D eigenvalue weighted by Crippen LogP contribution is 2.48. The van der Waals surface area contributed by atoms with E-state index in [9.17, 15) is 4.79 Å². The zero-order valence-electron chi connectivity index (χ0n) is 17.0. The van der Waals surface area contributed by atoms with Crippen LogP contribution in [0, 0.1) is 0 Å². The van der Waals surface area contributed by atoms with Crippen LogP contribution in [-0.2, 0) is 4.79 Å². The monoisotopic (exact) mass is 460 g/mol. The molecule has 4 nitrogen and oxygen atoms in total. The smallest absolute Gasteiger partial charge is 0.161 e. The van der Waals surface area contributed by atoms with Gasteiger partial charge in [0.25, 0.3) is 0 Å². The largest absolute Gasteiger partial charge is 0.460 e. The summed E-state index contributed by atoms with van der Waals surface area (Å²) in [5, 5.41) is 5.74. The Morgan fingerprint density at radius 1 is 1.03 bits per heavy atom. The summed E-state index contributed by atoms with van der Waals surface area (Å²) in [4.78, 5) is 17.6. The van der Waals surface area contributed by atoms with Crippen LogP contribution in [0.5, 0.6) is 0 Å².